The molecule has 1 N–H and O–H groups in total. The van der Waals surface area contributed by atoms with E-state index in [2.05, 4.69) is 0 Å². The Labute approximate surface area is 114 Å². The molecule has 0 unspecified atom stereocenters. The number of carboxylic acid groups (broad SMARTS) is 1. The molecule has 1 aromatic carbocycles. The van der Waals surface area contributed by atoms with Gasteiger partial charge in [0.1, 0.15) is 11.4 Å². The van der Waals surface area contributed by atoms with Crippen LogP contribution in [0.25, 0.3) is 11.0 Å². The van der Waals surface area contributed by atoms with Crippen molar-refractivity contribution in [2.24, 2.45) is 0 Å². The summed E-state index contributed by atoms with van der Waals surface area (Å²) < 4.78 is 5.10. The van der Waals surface area contributed by atoms with E-state index in [1.807, 2.05) is 6.92 Å². The fraction of sp³-hybridized carbons (Fsp3) is 0.267. The molecule has 1 aromatic heterocycles. The monoisotopic (exact) mass is 274 g/mol. The van der Waals surface area contributed by atoms with Gasteiger partial charge in [0.05, 0.1) is 6.42 Å². The number of fused-ring (bicyclic) bond motifs is 1. The number of aryl methyl sites for hydroxylation is 1. The highest BCUT2D eigenvalue weighted by Crippen LogP contribution is 2.18. The van der Waals surface area contributed by atoms with Gasteiger partial charge in [-0.25, -0.2) is 4.79 Å². The molecule has 5 heteroatoms. The first-order chi connectivity index (χ1) is 9.45. The number of carboxylic acids is 1. The molecule has 0 atom stereocenters. The van der Waals surface area contributed by atoms with Gasteiger partial charge in [0.15, 0.2) is 0 Å². The Balaban J connectivity index is 2.22. The number of hydrogen-bond donors (Lipinski definition) is 1. The van der Waals surface area contributed by atoms with Crippen molar-refractivity contribution in [1.82, 2.24) is 0 Å². The van der Waals surface area contributed by atoms with Crippen molar-refractivity contribution in [2.75, 3.05) is 0 Å². The SMILES string of the molecule is Cc1cc(=O)oc2cc(CC(=O)CCC(=O)O)ccc12. The minimum Gasteiger partial charge on any atom is -0.481 e. The van der Waals surface area contributed by atoms with Gasteiger partial charge in [-0.15, -0.1) is 0 Å². The first kappa shape index (κ1) is 14.0. The third-order valence-corrected chi connectivity index (χ3v) is 3.03. The molecule has 0 saturated heterocycles. The Kier molecular flexibility index (Phi) is 3.98. The van der Waals surface area contributed by atoms with Crippen LogP contribution in [-0.4, -0.2) is 16.9 Å². The van der Waals surface area contributed by atoms with Crippen molar-refractivity contribution < 1.29 is 19.1 Å². The lowest BCUT2D eigenvalue weighted by Gasteiger charge is -2.04. The van der Waals surface area contributed by atoms with E-state index >= 15 is 0 Å². The molecular formula is C15H14O5. The summed E-state index contributed by atoms with van der Waals surface area (Å²) in [5, 5.41) is 9.35. The van der Waals surface area contributed by atoms with Crippen molar-refractivity contribution in [1.29, 1.82) is 0 Å². The van der Waals surface area contributed by atoms with Crippen molar-refractivity contribution in [3.05, 3.63) is 45.8 Å². The molecule has 0 aliphatic heterocycles. The zero-order valence-corrected chi connectivity index (χ0v) is 11.0. The van der Waals surface area contributed by atoms with E-state index in [9.17, 15) is 14.4 Å². The van der Waals surface area contributed by atoms with Gasteiger partial charge in [0.25, 0.3) is 0 Å². The van der Waals surface area contributed by atoms with Crippen LogP contribution in [0.3, 0.4) is 0 Å². The van der Waals surface area contributed by atoms with Crippen LogP contribution < -0.4 is 5.63 Å². The van der Waals surface area contributed by atoms with Crippen LogP contribution in [-0.2, 0) is 16.0 Å². The maximum absolute atomic E-state index is 11.6. The topological polar surface area (TPSA) is 84.6 Å². The average Bonchev–Trinajstić information content (AvgIpc) is 2.35. The smallest absolute Gasteiger partial charge is 0.336 e. The van der Waals surface area contributed by atoms with Gasteiger partial charge in [0.2, 0.25) is 0 Å². The molecule has 0 fully saturated rings. The number of benzene rings is 1. The van der Waals surface area contributed by atoms with Crippen LogP contribution in [0, 0.1) is 6.92 Å². The number of aliphatic carboxylic acids is 1. The lowest BCUT2D eigenvalue weighted by atomic mass is 10.0. The maximum Gasteiger partial charge on any atom is 0.336 e. The van der Waals surface area contributed by atoms with E-state index in [-0.39, 0.29) is 25.0 Å². The predicted octanol–water partition coefficient (Wildman–Crippen LogP) is 2.08. The molecule has 2 rings (SSSR count). The summed E-state index contributed by atoms with van der Waals surface area (Å²) >= 11 is 0. The second kappa shape index (κ2) is 5.69. The van der Waals surface area contributed by atoms with Crippen LogP contribution in [0.2, 0.25) is 0 Å². The highest BCUT2D eigenvalue weighted by atomic mass is 16.4. The molecule has 0 aliphatic rings. The Morgan fingerprint density at radius 2 is 1.95 bits per heavy atom. The molecule has 0 spiro atoms. The van der Waals surface area contributed by atoms with Crippen LogP contribution in [0.1, 0.15) is 24.0 Å². The molecule has 1 heterocycles. The number of Topliss-reactive ketones (excluding diaryl/α,β-unsaturated/α-hetero) is 1. The zero-order valence-electron chi connectivity index (χ0n) is 11.0. The lowest BCUT2D eigenvalue weighted by molar-refractivity contribution is -0.138. The molecule has 104 valence electrons. The number of rotatable bonds is 5. The molecule has 20 heavy (non-hydrogen) atoms. The second-order valence-corrected chi connectivity index (χ2v) is 4.69. The van der Waals surface area contributed by atoms with Gasteiger partial charge >= 0.3 is 11.6 Å². The molecule has 0 saturated carbocycles. The Bertz CT molecular complexity index is 727. The van der Waals surface area contributed by atoms with E-state index < -0.39 is 11.6 Å². The van der Waals surface area contributed by atoms with Crippen molar-refractivity contribution in [2.45, 2.75) is 26.2 Å². The van der Waals surface area contributed by atoms with Gasteiger partial charge in [0, 0.05) is 24.3 Å². The fourth-order valence-electron chi connectivity index (χ4n) is 2.04. The van der Waals surface area contributed by atoms with E-state index in [1.54, 1.807) is 18.2 Å². The lowest BCUT2D eigenvalue weighted by Crippen LogP contribution is -2.06. The van der Waals surface area contributed by atoms with Crippen LogP contribution in [0.15, 0.2) is 33.5 Å². The predicted molar refractivity (Wildman–Crippen MR) is 72.8 cm³/mol. The molecule has 0 bridgehead atoms. The Hall–Kier alpha value is -2.43. The first-order valence-corrected chi connectivity index (χ1v) is 6.22. The molecule has 5 nitrogen and oxygen atoms in total. The van der Waals surface area contributed by atoms with Gasteiger partial charge in [-0.3, -0.25) is 9.59 Å². The molecule has 0 amide bonds. The summed E-state index contributed by atoms with van der Waals surface area (Å²) in [7, 11) is 0. The zero-order chi connectivity index (χ0) is 14.7. The quantitative estimate of drug-likeness (QED) is 0.844. The van der Waals surface area contributed by atoms with Gasteiger partial charge < -0.3 is 9.52 Å². The summed E-state index contributed by atoms with van der Waals surface area (Å²) in [6, 6.07) is 6.66. The van der Waals surface area contributed by atoms with Gasteiger partial charge in [-0.05, 0) is 24.1 Å². The highest BCUT2D eigenvalue weighted by Gasteiger charge is 2.09. The number of hydrogen-bond acceptors (Lipinski definition) is 4. The fourth-order valence-corrected chi connectivity index (χ4v) is 2.04. The number of carbonyl (C=O) groups is 2. The Morgan fingerprint density at radius 1 is 1.20 bits per heavy atom. The van der Waals surface area contributed by atoms with Crippen molar-refractivity contribution in [3.8, 4) is 0 Å². The van der Waals surface area contributed by atoms with E-state index in [0.29, 0.717) is 11.1 Å². The maximum atomic E-state index is 11.6. The molecule has 0 aliphatic carbocycles. The average molecular weight is 274 g/mol. The normalized spacial score (nSPS) is 10.7. The summed E-state index contributed by atoms with van der Waals surface area (Å²) in [4.78, 5) is 33.4. The first-order valence-electron chi connectivity index (χ1n) is 6.22. The third-order valence-electron chi connectivity index (χ3n) is 3.03. The molecular weight excluding hydrogens is 260 g/mol. The van der Waals surface area contributed by atoms with E-state index in [1.165, 1.54) is 6.07 Å². The van der Waals surface area contributed by atoms with Crippen LogP contribution >= 0.6 is 0 Å². The van der Waals surface area contributed by atoms with Crippen LogP contribution in [0.4, 0.5) is 0 Å². The van der Waals surface area contributed by atoms with E-state index in [0.717, 1.165) is 10.9 Å². The summed E-state index contributed by atoms with van der Waals surface area (Å²) in [5.41, 5.74) is 1.55. The van der Waals surface area contributed by atoms with Crippen LogP contribution in [0.5, 0.6) is 0 Å². The minimum absolute atomic E-state index is 0.00510. The summed E-state index contributed by atoms with van der Waals surface area (Å²) in [6.07, 6.45) is -0.0212. The standard InChI is InChI=1S/C15H14O5/c1-9-6-15(19)20-13-8-10(2-4-12(9)13)7-11(16)3-5-14(17)18/h2,4,6,8H,3,5,7H2,1H3,(H,17,18). The largest absolute Gasteiger partial charge is 0.481 e. The second-order valence-electron chi connectivity index (χ2n) is 4.69. The summed E-state index contributed by atoms with van der Waals surface area (Å²) in [6.45, 7) is 1.82. The Morgan fingerprint density at radius 3 is 2.65 bits per heavy atom. The number of carbonyl (C=O) groups excluding carboxylic acids is 1. The van der Waals surface area contributed by atoms with Gasteiger partial charge in [-0.1, -0.05) is 12.1 Å². The van der Waals surface area contributed by atoms with Crippen molar-refractivity contribution >= 4 is 22.7 Å². The van der Waals surface area contributed by atoms with Crippen molar-refractivity contribution in [3.63, 3.8) is 0 Å². The highest BCUT2D eigenvalue weighted by molar-refractivity contribution is 5.86. The van der Waals surface area contributed by atoms with Gasteiger partial charge in [-0.2, -0.15) is 0 Å². The third kappa shape index (κ3) is 3.32. The molecule has 2 aromatic rings. The molecule has 0 radical (unpaired) electrons. The number of ketones is 1. The summed E-state index contributed by atoms with van der Waals surface area (Å²) in [5.74, 6) is -1.14. The van der Waals surface area contributed by atoms with E-state index in [4.69, 9.17) is 9.52 Å². The minimum atomic E-state index is -0.988.